The van der Waals surface area contributed by atoms with Crippen molar-refractivity contribution in [3.8, 4) is 0 Å². The van der Waals surface area contributed by atoms with Gasteiger partial charge in [0.15, 0.2) is 0 Å². The van der Waals surface area contributed by atoms with Gasteiger partial charge in [-0.25, -0.2) is 0 Å². The van der Waals surface area contributed by atoms with Gasteiger partial charge in [-0.2, -0.15) is 0 Å². The maximum absolute atomic E-state index is 4.56. The molecular weight excluding hydrogens is 578 g/mol. The molecule has 0 spiro atoms. The van der Waals surface area contributed by atoms with Crippen LogP contribution in [0.3, 0.4) is 0 Å². The minimum absolute atomic E-state index is 0.612. The summed E-state index contributed by atoms with van der Waals surface area (Å²) < 4.78 is 4.45. The van der Waals surface area contributed by atoms with Gasteiger partial charge in [0.2, 0.25) is 0 Å². The molecule has 13 heavy (non-hydrogen) atoms. The van der Waals surface area contributed by atoms with E-state index in [2.05, 4.69) is 21.4 Å². The van der Waals surface area contributed by atoms with Crippen LogP contribution < -0.4 is 2.23 Å². The van der Waals surface area contributed by atoms with E-state index in [1.165, 1.54) is 7.41 Å². The Morgan fingerprint density at radius 1 is 1.46 bits per heavy atom. The second-order valence-corrected chi connectivity index (χ2v) is 25.2. The van der Waals surface area contributed by atoms with E-state index in [9.17, 15) is 0 Å². The number of nitrogens with zero attached hydrogens (tertiary/aromatic N) is 4. The summed E-state index contributed by atoms with van der Waals surface area (Å²) in [5.74, 6) is 0. The second-order valence-electron chi connectivity index (χ2n) is 2.80. The quantitative estimate of drug-likeness (QED) is 0.442. The van der Waals surface area contributed by atoms with Crippen LogP contribution in [0.25, 0.3) is 5.65 Å². The van der Waals surface area contributed by atoms with Crippen molar-refractivity contribution in [1.29, 1.82) is 0 Å². The SMILES string of the molecule is [Rb][CH2]c1ccc2nn[c]([La][RaH])n2n1. The molecule has 2 rings (SSSR count). The summed E-state index contributed by atoms with van der Waals surface area (Å²) in [6.07, 6.45) is 0. The molecule has 2 aromatic rings. The zero-order valence-electron chi connectivity index (χ0n) is 7.73. The molecule has 0 atom stereocenters. The molecule has 55 valence electrons. The van der Waals surface area contributed by atoms with Crippen LogP contribution in [0.15, 0.2) is 12.1 Å². The fourth-order valence-electron chi connectivity index (χ4n) is 1.21. The van der Waals surface area contributed by atoms with Crippen molar-refractivity contribution in [3.05, 3.63) is 17.8 Å². The van der Waals surface area contributed by atoms with Crippen molar-refractivity contribution >= 4 is 63.4 Å². The van der Waals surface area contributed by atoms with Crippen molar-refractivity contribution in [2.45, 2.75) is -0.511 Å². The second kappa shape index (κ2) is 6.09. The molecule has 0 aliphatic heterocycles. The number of rotatable bonds is 2. The average Bonchev–Trinajstić information content (AvgIpc) is 2.59. The van der Waals surface area contributed by atoms with Gasteiger partial charge in [0, 0.05) is 0 Å². The van der Waals surface area contributed by atoms with Crippen molar-refractivity contribution in [2.24, 2.45) is 0 Å². The Labute approximate surface area is 148 Å². The van der Waals surface area contributed by atoms with E-state index in [1.807, 2.05) is 10.6 Å². The summed E-state index contributed by atoms with van der Waals surface area (Å²) in [6.45, 7) is 0. The van der Waals surface area contributed by atoms with E-state index in [0.717, 1.165) is 5.65 Å². The van der Waals surface area contributed by atoms with E-state index < -0.39 is 19.9 Å². The average molecular weight is 584 g/mol. The Bertz CT molecular complexity index is 431. The van der Waals surface area contributed by atoms with Gasteiger partial charge in [-0.3, -0.25) is 0 Å². The van der Waals surface area contributed by atoms with Gasteiger partial charge >= 0.3 is 153 Å². The summed E-state index contributed by atoms with van der Waals surface area (Å²) in [7, 11) is 0. The third-order valence-electron chi connectivity index (χ3n) is 1.96. The maximum atomic E-state index is 4.56. The van der Waals surface area contributed by atoms with Crippen LogP contribution in [0.2, 0.25) is 0 Å². The van der Waals surface area contributed by atoms with Crippen LogP contribution in [-0.4, -0.2) is 75.3 Å². The molecular formula is C6H5LaN4RaRb. The first-order valence-electron chi connectivity index (χ1n) is 4.36. The van der Waals surface area contributed by atoms with Gasteiger partial charge in [-0.15, -0.1) is 0 Å². The minimum atomic E-state index is -0.612. The van der Waals surface area contributed by atoms with E-state index in [1.54, 1.807) is 0 Å². The fraction of sp³-hybridized carbons (Fsp3) is 0.167. The zero-order valence-corrected chi connectivity index (χ0v) is 24.5. The summed E-state index contributed by atoms with van der Waals surface area (Å²) >= 11 is 0.776. The van der Waals surface area contributed by atoms with Crippen LogP contribution in [0.5, 0.6) is 0 Å². The van der Waals surface area contributed by atoms with Gasteiger partial charge in [-0.05, 0) is 0 Å². The summed E-state index contributed by atoms with van der Waals surface area (Å²) in [5.41, 5.74) is 2.16. The third kappa shape index (κ3) is 3.02. The normalized spacial score (nSPS) is 10.2. The van der Waals surface area contributed by atoms with Gasteiger partial charge in [0.05, 0.1) is 0 Å². The van der Waals surface area contributed by atoms with Crippen LogP contribution in [0, 0.1) is 52.6 Å². The van der Waals surface area contributed by atoms with E-state index in [4.69, 9.17) is 0 Å². The van der Waals surface area contributed by atoms with Crippen LogP contribution in [0.1, 0.15) is 5.69 Å². The van der Waals surface area contributed by atoms with Crippen molar-refractivity contribution in [3.63, 3.8) is 0 Å². The number of aromatic nitrogens is 4. The first-order valence-corrected chi connectivity index (χ1v) is 47.8. The van der Waals surface area contributed by atoms with Gasteiger partial charge in [0.1, 0.15) is 0 Å². The van der Waals surface area contributed by atoms with Crippen LogP contribution >= 0.6 is 0 Å². The van der Waals surface area contributed by atoms with Crippen molar-refractivity contribution < 1.29 is 52.6 Å². The van der Waals surface area contributed by atoms with E-state index in [0.29, 0.717) is 88.2 Å². The molecule has 0 bridgehead atoms. The number of hydrogen-bond donors (Lipinski definition) is 0. The van der Waals surface area contributed by atoms with Crippen LogP contribution in [0.4, 0.5) is 0 Å². The summed E-state index contributed by atoms with van der Waals surface area (Å²) in [4.78, 5) is 0. The zero-order chi connectivity index (χ0) is 9.26. The van der Waals surface area contributed by atoms with E-state index in [-0.39, 0.29) is 0 Å². The standard InChI is InChI=1S/C6H4N4.La.Ra.Rb.H/c1-5-2-3-6-8-7-4-10(6)9-5;;;;/h2-3H,1H2;;;;. The van der Waals surface area contributed by atoms with Gasteiger partial charge in [0.25, 0.3) is 0 Å². The molecule has 0 saturated carbocycles. The third-order valence-corrected chi connectivity index (χ3v) is 21.9. The molecule has 0 fully saturated rings. The molecule has 4 nitrogen and oxygen atoms in total. The van der Waals surface area contributed by atoms with Gasteiger partial charge < -0.3 is 0 Å². The molecule has 0 unspecified atom stereocenters. The molecule has 2 aromatic heterocycles. The Morgan fingerprint density at radius 3 is 3.00 bits per heavy atom. The summed E-state index contributed by atoms with van der Waals surface area (Å²) in [6, 6.07) is 4.13. The molecule has 0 N–H and O–H groups in total. The molecule has 0 saturated heterocycles. The molecule has 2 heterocycles. The van der Waals surface area contributed by atoms with Gasteiger partial charge in [-0.1, -0.05) is 0 Å². The molecule has 0 radical (unpaired) electrons. The Morgan fingerprint density at radius 2 is 2.31 bits per heavy atom. The Balaban J connectivity index is 2.64. The molecule has 0 aliphatic rings. The predicted molar refractivity (Wildman–Crippen MR) is 41.3 cm³/mol. The molecule has 0 aromatic carbocycles. The first kappa shape index (κ1) is 12.5. The van der Waals surface area contributed by atoms with Crippen LogP contribution in [-0.2, 0) is -0.511 Å². The van der Waals surface area contributed by atoms with Crippen molar-refractivity contribution in [1.82, 2.24) is 19.8 Å². The van der Waals surface area contributed by atoms with E-state index >= 15 is 0 Å². The molecule has 0 amide bonds. The topological polar surface area (TPSA) is 43.1 Å². The predicted octanol–water partition coefficient (Wildman–Crippen LogP) is -1.30. The number of hydrogen-bond acceptors (Lipinski definition) is 3. The molecule has 7 heteroatoms. The summed E-state index contributed by atoms with van der Waals surface area (Å²) in [5, 5.41) is 12.9. The number of fused-ring (bicyclic) bond motifs is 1. The first-order chi connectivity index (χ1) is 6.35. The molecule has 0 aliphatic carbocycles. The van der Waals surface area contributed by atoms with Crippen molar-refractivity contribution in [2.75, 3.05) is 0 Å². The Kier molecular flexibility index (Phi) is 5.84. The monoisotopic (exact) mass is 583 g/mol. The Hall–Kier alpha value is 3.02. The fourth-order valence-corrected chi connectivity index (χ4v) is 14.8.